The molecule has 0 spiro atoms. The second kappa shape index (κ2) is 4.53. The van der Waals surface area contributed by atoms with Gasteiger partial charge in [0.1, 0.15) is 5.01 Å². The lowest BCUT2D eigenvalue weighted by Gasteiger charge is -2.26. The number of likely N-dealkylation sites (tertiary alicyclic amines) is 1. The Kier molecular flexibility index (Phi) is 3.41. The number of hydrogen-bond acceptors (Lipinski definition) is 4. The number of nitrogens with zero attached hydrogens (tertiary/aromatic N) is 3. The summed E-state index contributed by atoms with van der Waals surface area (Å²) in [4.78, 5) is 13.7. The van der Waals surface area contributed by atoms with Crippen LogP contribution in [0.3, 0.4) is 0 Å². The standard InChI is InChI=1S/C11H16ClN3OS/c1-11(2,3)7-4-9(16)15(5-7)6-8-13-14-10(12)17-8/h7H,4-6H2,1-3H3. The maximum atomic E-state index is 11.9. The van der Waals surface area contributed by atoms with Gasteiger partial charge in [-0.25, -0.2) is 0 Å². The third-order valence-corrected chi connectivity index (χ3v) is 4.21. The molecule has 1 aliphatic heterocycles. The zero-order valence-electron chi connectivity index (χ0n) is 10.2. The maximum absolute atomic E-state index is 11.9. The number of carbonyl (C=O) groups is 1. The maximum Gasteiger partial charge on any atom is 0.223 e. The van der Waals surface area contributed by atoms with Gasteiger partial charge in [0.15, 0.2) is 0 Å². The SMILES string of the molecule is CC(C)(C)C1CC(=O)N(Cc2nnc(Cl)s2)C1. The van der Waals surface area contributed by atoms with Gasteiger partial charge in [-0.05, 0) is 22.9 Å². The Morgan fingerprint density at radius 3 is 2.65 bits per heavy atom. The predicted octanol–water partition coefficient (Wildman–Crippen LogP) is 2.59. The molecule has 1 atom stereocenters. The zero-order chi connectivity index (χ0) is 12.6. The van der Waals surface area contributed by atoms with E-state index in [1.54, 1.807) is 0 Å². The third-order valence-electron chi connectivity index (χ3n) is 3.21. The van der Waals surface area contributed by atoms with Gasteiger partial charge in [0.05, 0.1) is 6.54 Å². The first-order valence-corrected chi connectivity index (χ1v) is 6.81. The highest BCUT2D eigenvalue weighted by Gasteiger charge is 2.36. The summed E-state index contributed by atoms with van der Waals surface area (Å²) in [6, 6.07) is 0. The Labute approximate surface area is 110 Å². The lowest BCUT2D eigenvalue weighted by molar-refractivity contribution is -0.128. The summed E-state index contributed by atoms with van der Waals surface area (Å²) in [6.45, 7) is 7.87. The van der Waals surface area contributed by atoms with Crippen LogP contribution in [-0.4, -0.2) is 27.5 Å². The van der Waals surface area contributed by atoms with Crippen molar-refractivity contribution in [3.8, 4) is 0 Å². The van der Waals surface area contributed by atoms with Crippen LogP contribution in [0.15, 0.2) is 0 Å². The van der Waals surface area contributed by atoms with Gasteiger partial charge in [-0.3, -0.25) is 4.79 Å². The fourth-order valence-electron chi connectivity index (χ4n) is 1.97. The van der Waals surface area contributed by atoms with Gasteiger partial charge in [-0.2, -0.15) is 0 Å². The van der Waals surface area contributed by atoms with E-state index in [4.69, 9.17) is 11.6 Å². The minimum Gasteiger partial charge on any atom is -0.336 e. The average molecular weight is 274 g/mol. The van der Waals surface area contributed by atoms with E-state index >= 15 is 0 Å². The largest absolute Gasteiger partial charge is 0.336 e. The van der Waals surface area contributed by atoms with Gasteiger partial charge in [0.2, 0.25) is 10.4 Å². The molecule has 0 radical (unpaired) electrons. The molecule has 2 rings (SSSR count). The number of hydrogen-bond donors (Lipinski definition) is 0. The van der Waals surface area contributed by atoms with Gasteiger partial charge < -0.3 is 4.90 Å². The van der Waals surface area contributed by atoms with Crippen molar-refractivity contribution in [3.63, 3.8) is 0 Å². The van der Waals surface area contributed by atoms with Crippen LogP contribution < -0.4 is 0 Å². The van der Waals surface area contributed by atoms with Crippen LogP contribution in [0.4, 0.5) is 0 Å². The summed E-state index contributed by atoms with van der Waals surface area (Å²) < 4.78 is 0.430. The highest BCUT2D eigenvalue weighted by Crippen LogP contribution is 2.35. The molecule has 0 N–H and O–H groups in total. The molecule has 2 heterocycles. The molecular weight excluding hydrogens is 258 g/mol. The number of rotatable bonds is 2. The summed E-state index contributed by atoms with van der Waals surface area (Å²) in [5, 5.41) is 8.49. The molecule has 0 bridgehead atoms. The molecule has 1 aromatic heterocycles. The van der Waals surface area contributed by atoms with Crippen molar-refractivity contribution in [2.24, 2.45) is 11.3 Å². The fraction of sp³-hybridized carbons (Fsp3) is 0.727. The molecule has 4 nitrogen and oxygen atoms in total. The molecule has 6 heteroatoms. The molecular formula is C11H16ClN3OS. The quantitative estimate of drug-likeness (QED) is 0.832. The zero-order valence-corrected chi connectivity index (χ0v) is 11.8. The van der Waals surface area contributed by atoms with Gasteiger partial charge in [-0.1, -0.05) is 32.1 Å². The first kappa shape index (κ1) is 12.8. The topological polar surface area (TPSA) is 46.1 Å². The van der Waals surface area contributed by atoms with Gasteiger partial charge in [-0.15, -0.1) is 10.2 Å². The minimum atomic E-state index is 0.170. The van der Waals surface area contributed by atoms with Crippen molar-refractivity contribution in [3.05, 3.63) is 9.47 Å². The molecule has 17 heavy (non-hydrogen) atoms. The highest BCUT2D eigenvalue weighted by atomic mass is 35.5. The summed E-state index contributed by atoms with van der Waals surface area (Å²) in [5.74, 6) is 0.620. The van der Waals surface area contributed by atoms with Gasteiger partial charge >= 0.3 is 0 Å². The number of halogens is 1. The third kappa shape index (κ3) is 2.96. The van der Waals surface area contributed by atoms with Crippen LogP contribution in [0.5, 0.6) is 0 Å². The van der Waals surface area contributed by atoms with Crippen LogP contribution >= 0.6 is 22.9 Å². The Morgan fingerprint density at radius 2 is 2.18 bits per heavy atom. The van der Waals surface area contributed by atoms with Crippen molar-refractivity contribution >= 4 is 28.8 Å². The molecule has 1 unspecified atom stereocenters. The normalized spacial score (nSPS) is 21.3. The molecule has 1 fully saturated rings. The van der Waals surface area contributed by atoms with E-state index in [0.717, 1.165) is 11.6 Å². The van der Waals surface area contributed by atoms with Gasteiger partial charge in [0.25, 0.3) is 0 Å². The summed E-state index contributed by atoms with van der Waals surface area (Å²) in [5.41, 5.74) is 0.170. The van der Waals surface area contributed by atoms with E-state index in [-0.39, 0.29) is 11.3 Å². The Balaban J connectivity index is 2.02. The van der Waals surface area contributed by atoms with Crippen LogP contribution in [0.1, 0.15) is 32.2 Å². The van der Waals surface area contributed by atoms with E-state index in [2.05, 4.69) is 31.0 Å². The van der Waals surface area contributed by atoms with Crippen molar-refractivity contribution in [2.45, 2.75) is 33.7 Å². The first-order chi connectivity index (χ1) is 7.86. The minimum absolute atomic E-state index is 0.170. The van der Waals surface area contributed by atoms with Crippen LogP contribution in [-0.2, 0) is 11.3 Å². The van der Waals surface area contributed by atoms with Crippen molar-refractivity contribution in [2.75, 3.05) is 6.54 Å². The Bertz CT molecular complexity index is 427. The van der Waals surface area contributed by atoms with Crippen LogP contribution in [0.2, 0.25) is 4.47 Å². The number of amides is 1. The summed E-state index contributed by atoms with van der Waals surface area (Å²) in [7, 11) is 0. The lowest BCUT2D eigenvalue weighted by Crippen LogP contribution is -2.27. The predicted molar refractivity (Wildman–Crippen MR) is 67.9 cm³/mol. The van der Waals surface area contributed by atoms with E-state index in [1.807, 2.05) is 4.90 Å². The molecule has 0 aliphatic carbocycles. The average Bonchev–Trinajstić information content (AvgIpc) is 2.74. The summed E-state index contributed by atoms with van der Waals surface area (Å²) in [6.07, 6.45) is 0.635. The number of aromatic nitrogens is 2. The molecule has 0 aromatic carbocycles. The second-order valence-corrected chi connectivity index (χ2v) is 7.13. The molecule has 94 valence electrons. The lowest BCUT2D eigenvalue weighted by atomic mass is 9.80. The Hall–Kier alpha value is -0.680. The van der Waals surface area contributed by atoms with Crippen molar-refractivity contribution < 1.29 is 4.79 Å². The van der Waals surface area contributed by atoms with Crippen molar-refractivity contribution in [1.29, 1.82) is 0 Å². The van der Waals surface area contributed by atoms with E-state index < -0.39 is 0 Å². The van der Waals surface area contributed by atoms with Crippen LogP contribution in [0.25, 0.3) is 0 Å². The van der Waals surface area contributed by atoms with Gasteiger partial charge in [0, 0.05) is 13.0 Å². The molecule has 1 aliphatic rings. The smallest absolute Gasteiger partial charge is 0.223 e. The van der Waals surface area contributed by atoms with Crippen molar-refractivity contribution in [1.82, 2.24) is 15.1 Å². The molecule has 1 aromatic rings. The molecule has 0 saturated carbocycles. The summed E-state index contributed by atoms with van der Waals surface area (Å²) >= 11 is 7.06. The molecule has 1 saturated heterocycles. The van der Waals surface area contributed by atoms with E-state index in [0.29, 0.717) is 23.4 Å². The monoisotopic (exact) mass is 273 g/mol. The first-order valence-electron chi connectivity index (χ1n) is 5.62. The highest BCUT2D eigenvalue weighted by molar-refractivity contribution is 7.15. The second-order valence-electron chi connectivity index (χ2n) is 5.49. The van der Waals surface area contributed by atoms with E-state index in [9.17, 15) is 4.79 Å². The molecule has 1 amide bonds. The van der Waals surface area contributed by atoms with Crippen LogP contribution in [0, 0.1) is 11.3 Å². The number of carbonyl (C=O) groups excluding carboxylic acids is 1. The fourth-order valence-corrected chi connectivity index (χ4v) is 2.85. The Morgan fingerprint density at radius 1 is 1.47 bits per heavy atom. The van der Waals surface area contributed by atoms with E-state index in [1.165, 1.54) is 11.3 Å².